The first-order valence-corrected chi connectivity index (χ1v) is 4.96. The first-order valence-electron chi connectivity index (χ1n) is 4.96. The van der Waals surface area contributed by atoms with Crippen molar-refractivity contribution in [2.45, 2.75) is 19.9 Å². The molecule has 0 spiro atoms. The topological polar surface area (TPSA) is 75.3 Å². The molecule has 0 unspecified atom stereocenters. The predicted octanol–water partition coefficient (Wildman–Crippen LogP) is 2.02. The Kier molecular flexibility index (Phi) is 2.30. The molecule has 1 heterocycles. The summed E-state index contributed by atoms with van der Waals surface area (Å²) < 4.78 is 1.41. The van der Waals surface area contributed by atoms with Crippen LogP contribution in [0.4, 0.5) is 0 Å². The second-order valence-corrected chi connectivity index (χ2v) is 3.86. The normalized spacial score (nSPS) is 11.2. The van der Waals surface area contributed by atoms with Gasteiger partial charge in [0.25, 0.3) is 0 Å². The molecule has 0 amide bonds. The fraction of sp³-hybridized carbons (Fsp3) is 0.273. The van der Waals surface area contributed by atoms with Crippen molar-refractivity contribution in [3.63, 3.8) is 0 Å². The highest BCUT2D eigenvalue weighted by atomic mass is 16.4. The summed E-state index contributed by atoms with van der Waals surface area (Å²) in [6, 6.07) is 4.71. The molecule has 1 aromatic heterocycles. The van der Waals surface area contributed by atoms with Gasteiger partial charge in [0, 0.05) is 6.04 Å². The van der Waals surface area contributed by atoms with E-state index in [1.807, 2.05) is 13.8 Å². The molecule has 0 aliphatic heterocycles. The van der Waals surface area contributed by atoms with Gasteiger partial charge in [-0.25, -0.2) is 4.79 Å². The largest absolute Gasteiger partial charge is 0.507 e. The lowest BCUT2D eigenvalue weighted by molar-refractivity contribution is 0.0683. The van der Waals surface area contributed by atoms with E-state index < -0.39 is 5.97 Å². The summed E-state index contributed by atoms with van der Waals surface area (Å²) in [5, 5.41) is 23.3. The number of carboxylic acids is 1. The Morgan fingerprint density at radius 3 is 2.69 bits per heavy atom. The molecular weight excluding hydrogens is 208 g/mol. The van der Waals surface area contributed by atoms with E-state index in [9.17, 15) is 9.90 Å². The number of nitrogens with zero attached hydrogens (tertiary/aromatic N) is 2. The number of aromatic nitrogens is 2. The fourth-order valence-electron chi connectivity index (χ4n) is 1.71. The van der Waals surface area contributed by atoms with Gasteiger partial charge in [-0.3, -0.25) is 4.68 Å². The van der Waals surface area contributed by atoms with E-state index in [0.717, 1.165) is 0 Å². The lowest BCUT2D eigenvalue weighted by Crippen LogP contribution is -2.12. The third-order valence-electron chi connectivity index (χ3n) is 2.39. The SMILES string of the molecule is CC(C)n1nc2cccc(O)c2c1C(=O)O. The van der Waals surface area contributed by atoms with Gasteiger partial charge in [-0.15, -0.1) is 0 Å². The monoisotopic (exact) mass is 220 g/mol. The van der Waals surface area contributed by atoms with Gasteiger partial charge in [0.1, 0.15) is 5.75 Å². The molecule has 16 heavy (non-hydrogen) atoms. The Morgan fingerprint density at radius 2 is 2.12 bits per heavy atom. The van der Waals surface area contributed by atoms with Gasteiger partial charge in [0.05, 0.1) is 10.9 Å². The zero-order valence-corrected chi connectivity index (χ0v) is 9.01. The minimum Gasteiger partial charge on any atom is -0.507 e. The van der Waals surface area contributed by atoms with E-state index in [-0.39, 0.29) is 17.5 Å². The number of phenolic OH excluding ortho intramolecular Hbond substituents is 1. The lowest BCUT2D eigenvalue weighted by atomic mass is 10.2. The summed E-state index contributed by atoms with van der Waals surface area (Å²) in [5.74, 6) is -1.14. The number of hydrogen-bond donors (Lipinski definition) is 2. The summed E-state index contributed by atoms with van der Waals surface area (Å²) in [7, 11) is 0. The lowest BCUT2D eigenvalue weighted by Gasteiger charge is -2.07. The first kappa shape index (κ1) is 10.5. The molecule has 0 bridgehead atoms. The predicted molar refractivity (Wildman–Crippen MR) is 58.7 cm³/mol. The van der Waals surface area contributed by atoms with Crippen LogP contribution in [0.2, 0.25) is 0 Å². The van der Waals surface area contributed by atoms with Crippen molar-refractivity contribution < 1.29 is 15.0 Å². The van der Waals surface area contributed by atoms with Crippen molar-refractivity contribution in [1.82, 2.24) is 9.78 Å². The molecule has 0 saturated carbocycles. The molecule has 1 aromatic carbocycles. The number of aromatic carboxylic acids is 1. The van der Waals surface area contributed by atoms with Crippen LogP contribution in [0.15, 0.2) is 18.2 Å². The Bertz CT molecular complexity index is 558. The van der Waals surface area contributed by atoms with Crippen molar-refractivity contribution >= 4 is 16.9 Å². The molecule has 2 rings (SSSR count). The maximum Gasteiger partial charge on any atom is 0.354 e. The summed E-state index contributed by atoms with van der Waals surface area (Å²) in [5.41, 5.74) is 0.522. The minimum absolute atomic E-state index is 0.0306. The number of hydrogen-bond acceptors (Lipinski definition) is 3. The van der Waals surface area contributed by atoms with Crippen LogP contribution in [0.25, 0.3) is 10.9 Å². The average molecular weight is 220 g/mol. The van der Waals surface area contributed by atoms with E-state index in [4.69, 9.17) is 5.11 Å². The standard InChI is InChI=1S/C11H12N2O3/c1-6(2)13-10(11(15)16)9-7(12-13)4-3-5-8(9)14/h3-6,14H,1-2H3,(H,15,16). The van der Waals surface area contributed by atoms with E-state index in [2.05, 4.69) is 5.10 Å². The van der Waals surface area contributed by atoms with Crippen LogP contribution in [-0.4, -0.2) is 26.0 Å². The molecule has 5 nitrogen and oxygen atoms in total. The first-order chi connectivity index (χ1) is 7.52. The van der Waals surface area contributed by atoms with E-state index in [1.165, 1.54) is 10.7 Å². The van der Waals surface area contributed by atoms with E-state index in [1.54, 1.807) is 12.1 Å². The number of carbonyl (C=O) groups is 1. The van der Waals surface area contributed by atoms with Gasteiger partial charge >= 0.3 is 5.97 Å². The Labute approximate surface area is 91.9 Å². The highest BCUT2D eigenvalue weighted by molar-refractivity contribution is 6.04. The highest BCUT2D eigenvalue weighted by Crippen LogP contribution is 2.29. The summed E-state index contributed by atoms with van der Waals surface area (Å²) in [4.78, 5) is 11.2. The van der Waals surface area contributed by atoms with Crippen molar-refractivity contribution in [2.24, 2.45) is 0 Å². The molecule has 2 aromatic rings. The number of phenols is 1. The number of carboxylic acid groups (broad SMARTS) is 1. The van der Waals surface area contributed by atoms with Gasteiger partial charge in [-0.1, -0.05) is 6.07 Å². The minimum atomic E-state index is -1.09. The van der Waals surface area contributed by atoms with Gasteiger partial charge in [0.15, 0.2) is 5.69 Å². The average Bonchev–Trinajstić information content (AvgIpc) is 2.58. The molecule has 0 aliphatic carbocycles. The van der Waals surface area contributed by atoms with Gasteiger partial charge in [-0.2, -0.15) is 5.10 Å². The van der Waals surface area contributed by atoms with E-state index in [0.29, 0.717) is 10.9 Å². The Balaban J connectivity index is 2.88. The molecule has 2 N–H and O–H groups in total. The molecule has 0 fully saturated rings. The van der Waals surface area contributed by atoms with Crippen LogP contribution in [-0.2, 0) is 0 Å². The molecule has 5 heteroatoms. The van der Waals surface area contributed by atoms with Crippen LogP contribution in [0.5, 0.6) is 5.75 Å². The number of benzene rings is 1. The van der Waals surface area contributed by atoms with Crippen LogP contribution in [0, 0.1) is 0 Å². The maximum atomic E-state index is 11.2. The van der Waals surface area contributed by atoms with Crippen molar-refractivity contribution in [2.75, 3.05) is 0 Å². The number of fused-ring (bicyclic) bond motifs is 1. The fourth-order valence-corrected chi connectivity index (χ4v) is 1.71. The molecule has 0 atom stereocenters. The maximum absolute atomic E-state index is 11.2. The van der Waals surface area contributed by atoms with Crippen LogP contribution >= 0.6 is 0 Å². The number of aromatic hydroxyl groups is 1. The summed E-state index contributed by atoms with van der Waals surface area (Å²) in [6.07, 6.45) is 0. The summed E-state index contributed by atoms with van der Waals surface area (Å²) in [6.45, 7) is 3.69. The quantitative estimate of drug-likeness (QED) is 0.811. The second-order valence-electron chi connectivity index (χ2n) is 3.86. The zero-order valence-electron chi connectivity index (χ0n) is 9.01. The highest BCUT2D eigenvalue weighted by Gasteiger charge is 2.21. The molecule has 0 aliphatic rings. The molecule has 0 saturated heterocycles. The third kappa shape index (κ3) is 1.41. The van der Waals surface area contributed by atoms with Gasteiger partial charge < -0.3 is 10.2 Å². The van der Waals surface area contributed by atoms with E-state index >= 15 is 0 Å². The smallest absolute Gasteiger partial charge is 0.354 e. The Morgan fingerprint density at radius 1 is 1.44 bits per heavy atom. The van der Waals surface area contributed by atoms with Crippen molar-refractivity contribution in [3.8, 4) is 5.75 Å². The van der Waals surface area contributed by atoms with Gasteiger partial charge in [0.2, 0.25) is 0 Å². The third-order valence-corrected chi connectivity index (χ3v) is 2.39. The van der Waals surface area contributed by atoms with Crippen LogP contribution in [0.3, 0.4) is 0 Å². The van der Waals surface area contributed by atoms with Crippen LogP contribution in [0.1, 0.15) is 30.4 Å². The second kappa shape index (κ2) is 3.52. The summed E-state index contributed by atoms with van der Waals surface area (Å²) >= 11 is 0. The van der Waals surface area contributed by atoms with Crippen molar-refractivity contribution in [3.05, 3.63) is 23.9 Å². The Hall–Kier alpha value is -2.04. The number of rotatable bonds is 2. The van der Waals surface area contributed by atoms with Crippen molar-refractivity contribution in [1.29, 1.82) is 0 Å². The molecule has 0 radical (unpaired) electrons. The zero-order chi connectivity index (χ0) is 11.9. The molecule has 84 valence electrons. The molecular formula is C11H12N2O3. The van der Waals surface area contributed by atoms with Crippen LogP contribution < -0.4 is 0 Å². The van der Waals surface area contributed by atoms with Gasteiger partial charge in [-0.05, 0) is 26.0 Å².